The minimum atomic E-state index is -2.64. The van der Waals surface area contributed by atoms with Crippen LogP contribution in [-0.2, 0) is 9.71 Å². The molecule has 1 unspecified atom stereocenters. The number of hydrogen-bond donors (Lipinski definition) is 2. The van der Waals surface area contributed by atoms with Gasteiger partial charge in [-0.05, 0) is 18.0 Å². The third-order valence-electron chi connectivity index (χ3n) is 1.64. The van der Waals surface area contributed by atoms with Crippen molar-refractivity contribution in [1.82, 2.24) is 4.72 Å². The number of anilines is 1. The molecule has 0 aliphatic rings. The predicted octanol–water partition coefficient (Wildman–Crippen LogP) is 0.977. The Bertz CT molecular complexity index is 536. The molecule has 0 heterocycles. The maximum absolute atomic E-state index is 11.3. The number of nitro groups is 1. The van der Waals surface area contributed by atoms with E-state index in [2.05, 4.69) is 15.9 Å². The lowest BCUT2D eigenvalue weighted by molar-refractivity contribution is -0.384. The Balaban J connectivity index is 2.70. The summed E-state index contributed by atoms with van der Waals surface area (Å²) in [4.78, 5) is 21.1. The molecule has 17 heavy (non-hydrogen) atoms. The number of nitrogens with one attached hydrogen (secondary N) is 2. The van der Waals surface area contributed by atoms with Gasteiger partial charge in [0, 0.05) is 33.8 Å². The molecule has 1 aromatic rings. The predicted molar refractivity (Wildman–Crippen MR) is 66.4 cm³/mol. The van der Waals surface area contributed by atoms with Gasteiger partial charge in [0.2, 0.25) is 0 Å². The number of hydrogen-bond acceptors (Lipinski definition) is 4. The molecule has 0 saturated carbocycles. The molecule has 0 bridgehead atoms. The summed E-state index contributed by atoms with van der Waals surface area (Å²) < 4.78 is 13.3. The molecular formula is C9H11N3O4S. The summed E-state index contributed by atoms with van der Waals surface area (Å²) in [5.41, 5.74) is 0.282. The third-order valence-corrected chi connectivity index (χ3v) is 2.26. The van der Waals surface area contributed by atoms with Crippen LogP contribution in [0.3, 0.4) is 0 Å². The van der Waals surface area contributed by atoms with Crippen molar-refractivity contribution in [3.63, 3.8) is 0 Å². The summed E-state index contributed by atoms with van der Waals surface area (Å²) in [6.07, 6.45) is 1.28. The van der Waals surface area contributed by atoms with Crippen LogP contribution >= 0.6 is 0 Å². The molecule has 8 heteroatoms. The molecule has 2 amide bonds. The SMILES string of the molecule is C=S(C)(=O)NC(=O)Nc1ccc([N+](=O)[O-])cc1. The average molecular weight is 257 g/mol. The topological polar surface area (TPSA) is 101 Å². The number of nitrogens with zero attached hydrogens (tertiary/aromatic N) is 1. The molecule has 0 radical (unpaired) electrons. The van der Waals surface area contributed by atoms with Crippen molar-refractivity contribution in [3.05, 3.63) is 34.4 Å². The van der Waals surface area contributed by atoms with Crippen LogP contribution in [0.5, 0.6) is 0 Å². The molecule has 0 saturated heterocycles. The fourth-order valence-corrected chi connectivity index (χ4v) is 1.46. The fourth-order valence-electron chi connectivity index (χ4n) is 1.02. The normalized spacial score (nSPS) is 13.5. The molecule has 0 aromatic heterocycles. The van der Waals surface area contributed by atoms with Gasteiger partial charge in [-0.25, -0.2) is 9.00 Å². The van der Waals surface area contributed by atoms with Gasteiger partial charge in [-0.1, -0.05) is 0 Å². The van der Waals surface area contributed by atoms with Crippen LogP contribution in [0, 0.1) is 10.1 Å². The maximum atomic E-state index is 11.3. The molecule has 7 nitrogen and oxygen atoms in total. The van der Waals surface area contributed by atoms with Gasteiger partial charge in [-0.3, -0.25) is 14.8 Å². The van der Waals surface area contributed by atoms with Crippen molar-refractivity contribution < 1.29 is 13.9 Å². The molecule has 1 atom stereocenters. The number of urea groups is 1. The van der Waals surface area contributed by atoms with E-state index >= 15 is 0 Å². The zero-order valence-electron chi connectivity index (χ0n) is 9.00. The van der Waals surface area contributed by atoms with E-state index in [1.807, 2.05) is 0 Å². The first kappa shape index (κ1) is 13.0. The van der Waals surface area contributed by atoms with Crippen LogP contribution in [0.4, 0.5) is 16.2 Å². The Kier molecular flexibility index (Phi) is 3.69. The Morgan fingerprint density at radius 1 is 1.41 bits per heavy atom. The van der Waals surface area contributed by atoms with E-state index < -0.39 is 20.7 Å². The number of nitro benzene ring substituents is 1. The van der Waals surface area contributed by atoms with Gasteiger partial charge in [0.05, 0.1) is 4.92 Å². The van der Waals surface area contributed by atoms with Crippen LogP contribution in [0.25, 0.3) is 0 Å². The van der Waals surface area contributed by atoms with E-state index in [0.29, 0.717) is 5.69 Å². The Labute approximate surface area is 98.1 Å². The van der Waals surface area contributed by atoms with Crippen LogP contribution in [-0.4, -0.2) is 27.3 Å². The van der Waals surface area contributed by atoms with Crippen LogP contribution in [0.2, 0.25) is 0 Å². The lowest BCUT2D eigenvalue weighted by Crippen LogP contribution is -2.33. The number of rotatable bonds is 3. The quantitative estimate of drug-likeness (QED) is 0.478. The molecule has 1 aromatic carbocycles. The summed E-state index contributed by atoms with van der Waals surface area (Å²) in [6, 6.07) is 4.57. The first-order valence-electron chi connectivity index (χ1n) is 4.43. The number of benzene rings is 1. The highest BCUT2D eigenvalue weighted by Gasteiger charge is 2.07. The van der Waals surface area contributed by atoms with Crippen molar-refractivity contribution in [2.75, 3.05) is 11.6 Å². The molecule has 0 aliphatic carbocycles. The minimum absolute atomic E-state index is 0.0765. The van der Waals surface area contributed by atoms with Crippen molar-refractivity contribution in [3.8, 4) is 0 Å². The zero-order chi connectivity index (χ0) is 13.1. The van der Waals surface area contributed by atoms with Gasteiger partial charge < -0.3 is 5.32 Å². The Hall–Kier alpha value is -2.09. The van der Waals surface area contributed by atoms with E-state index in [1.165, 1.54) is 30.5 Å². The second-order valence-corrected chi connectivity index (χ2v) is 5.58. The molecule has 2 N–H and O–H groups in total. The maximum Gasteiger partial charge on any atom is 0.330 e. The highest BCUT2D eigenvalue weighted by atomic mass is 32.2. The summed E-state index contributed by atoms with van der Waals surface area (Å²) >= 11 is 0. The summed E-state index contributed by atoms with van der Waals surface area (Å²) in [7, 11) is -2.64. The fraction of sp³-hybridized carbons (Fsp3) is 0.111. The monoisotopic (exact) mass is 257 g/mol. The average Bonchev–Trinajstić information content (AvgIpc) is 2.15. The zero-order valence-corrected chi connectivity index (χ0v) is 9.82. The third kappa shape index (κ3) is 4.51. The first-order chi connectivity index (χ1) is 7.78. The highest BCUT2D eigenvalue weighted by molar-refractivity contribution is 7.98. The molecule has 0 fully saturated rings. The van der Waals surface area contributed by atoms with Gasteiger partial charge >= 0.3 is 6.03 Å². The summed E-state index contributed by atoms with van der Waals surface area (Å²) in [5, 5.41) is 12.8. The van der Waals surface area contributed by atoms with Crippen molar-refractivity contribution >= 4 is 33.0 Å². The minimum Gasteiger partial charge on any atom is -0.307 e. The molecular weight excluding hydrogens is 246 g/mol. The Morgan fingerprint density at radius 2 is 1.94 bits per heavy atom. The highest BCUT2D eigenvalue weighted by Crippen LogP contribution is 2.15. The van der Waals surface area contributed by atoms with E-state index in [1.54, 1.807) is 0 Å². The number of carbonyl (C=O) groups excluding carboxylic acids is 1. The van der Waals surface area contributed by atoms with Gasteiger partial charge in [-0.2, -0.15) is 0 Å². The second-order valence-electron chi connectivity index (χ2n) is 3.37. The number of carbonyl (C=O) groups is 1. The first-order valence-corrected chi connectivity index (χ1v) is 6.57. The standard InChI is InChI=1S/C9H11N3O4S/c1-17(2,16)11-9(13)10-7-3-5-8(6-4-7)12(14)15/h3-6H,1H2,2H3,(H2,10,11,13,16). The number of amides is 2. The van der Waals surface area contributed by atoms with Gasteiger partial charge in [0.15, 0.2) is 0 Å². The summed E-state index contributed by atoms with van der Waals surface area (Å²) in [6.45, 7) is 0. The van der Waals surface area contributed by atoms with Gasteiger partial charge in [-0.15, -0.1) is 0 Å². The Morgan fingerprint density at radius 3 is 2.35 bits per heavy atom. The van der Waals surface area contributed by atoms with Crippen LogP contribution < -0.4 is 10.0 Å². The van der Waals surface area contributed by atoms with Crippen molar-refractivity contribution in [2.45, 2.75) is 0 Å². The van der Waals surface area contributed by atoms with Gasteiger partial charge in [0.25, 0.3) is 5.69 Å². The molecule has 0 spiro atoms. The lowest BCUT2D eigenvalue weighted by Gasteiger charge is -2.07. The van der Waals surface area contributed by atoms with E-state index in [9.17, 15) is 19.1 Å². The number of non-ortho nitro benzene ring substituents is 1. The van der Waals surface area contributed by atoms with E-state index in [4.69, 9.17) is 0 Å². The van der Waals surface area contributed by atoms with E-state index in [-0.39, 0.29) is 5.69 Å². The molecule has 0 aliphatic heterocycles. The second kappa shape index (κ2) is 4.83. The largest absolute Gasteiger partial charge is 0.330 e. The van der Waals surface area contributed by atoms with Crippen LogP contribution in [0.15, 0.2) is 24.3 Å². The van der Waals surface area contributed by atoms with Crippen LogP contribution in [0.1, 0.15) is 0 Å². The summed E-state index contributed by atoms with van der Waals surface area (Å²) in [5.74, 6) is 3.26. The van der Waals surface area contributed by atoms with Crippen molar-refractivity contribution in [2.24, 2.45) is 0 Å². The smallest absolute Gasteiger partial charge is 0.307 e. The van der Waals surface area contributed by atoms with Gasteiger partial charge in [0.1, 0.15) is 0 Å². The lowest BCUT2D eigenvalue weighted by atomic mass is 10.3. The van der Waals surface area contributed by atoms with E-state index in [0.717, 1.165) is 0 Å². The van der Waals surface area contributed by atoms with Crippen molar-refractivity contribution in [1.29, 1.82) is 0 Å². The molecule has 1 rings (SSSR count). The molecule has 92 valence electrons.